The molecular weight excluding hydrogens is 607 g/mol. The molecule has 3 amide bonds. The lowest BCUT2D eigenvalue weighted by Crippen LogP contribution is -2.58. The van der Waals surface area contributed by atoms with Gasteiger partial charge in [-0.1, -0.05) is 35.9 Å². The van der Waals surface area contributed by atoms with Crippen LogP contribution in [0.4, 0.5) is 10.1 Å². The number of methoxy groups -OCH3 is 1. The summed E-state index contributed by atoms with van der Waals surface area (Å²) in [4.78, 5) is 42.1. The van der Waals surface area contributed by atoms with E-state index in [2.05, 4.69) is 10.6 Å². The lowest BCUT2D eigenvalue weighted by Gasteiger charge is -2.33. The lowest BCUT2D eigenvalue weighted by atomic mass is 9.96. The number of nitrogens with zero attached hydrogens (tertiary/aromatic N) is 1. The van der Waals surface area contributed by atoms with Crippen LogP contribution < -0.4 is 21.1 Å². The number of ether oxygens (including phenoxy) is 1. The van der Waals surface area contributed by atoms with Crippen LogP contribution >= 0.6 is 23.4 Å². The van der Waals surface area contributed by atoms with E-state index in [0.29, 0.717) is 11.3 Å². The number of hydrogen-bond acceptors (Lipinski definition) is 7. The molecule has 234 valence electrons. The van der Waals surface area contributed by atoms with Gasteiger partial charge in [-0.25, -0.2) is 4.39 Å². The second kappa shape index (κ2) is 13.9. The van der Waals surface area contributed by atoms with Crippen molar-refractivity contribution in [3.8, 4) is 5.75 Å². The third-order valence-corrected chi connectivity index (χ3v) is 9.48. The largest absolute Gasteiger partial charge is 0.497 e. The van der Waals surface area contributed by atoms with Crippen molar-refractivity contribution < 1.29 is 28.6 Å². The van der Waals surface area contributed by atoms with Crippen LogP contribution in [0, 0.1) is 12.7 Å². The van der Waals surface area contributed by atoms with E-state index in [1.165, 1.54) is 42.0 Å². The van der Waals surface area contributed by atoms with E-state index < -0.39 is 46.5 Å². The molecule has 3 atom stereocenters. The Balaban J connectivity index is 1.58. The van der Waals surface area contributed by atoms with Crippen LogP contribution in [0.1, 0.15) is 40.9 Å². The zero-order valence-corrected chi connectivity index (χ0v) is 26.5. The average molecular weight is 643 g/mol. The number of amides is 3. The van der Waals surface area contributed by atoms with Crippen LogP contribution in [0.25, 0.3) is 0 Å². The van der Waals surface area contributed by atoms with Gasteiger partial charge < -0.3 is 31.1 Å². The van der Waals surface area contributed by atoms with Crippen LogP contribution in [-0.2, 0) is 22.6 Å². The summed E-state index contributed by atoms with van der Waals surface area (Å²) in [6.45, 7) is 5.57. The Morgan fingerprint density at radius 1 is 1.18 bits per heavy atom. The number of carbonyl (C=O) groups excluding carboxylic acids is 3. The van der Waals surface area contributed by atoms with E-state index in [1.807, 2.05) is 20.8 Å². The zero-order chi connectivity index (χ0) is 32.2. The molecule has 0 aliphatic carbocycles. The number of anilines is 1. The van der Waals surface area contributed by atoms with Crippen LogP contribution in [0.3, 0.4) is 0 Å². The van der Waals surface area contributed by atoms with E-state index in [9.17, 15) is 23.9 Å². The Kier molecular flexibility index (Phi) is 10.4. The van der Waals surface area contributed by atoms with E-state index in [1.54, 1.807) is 42.5 Å². The number of nitrogens with one attached hydrogen (secondary N) is 2. The maximum atomic E-state index is 13.9. The van der Waals surface area contributed by atoms with Crippen LogP contribution in [0.15, 0.2) is 60.7 Å². The van der Waals surface area contributed by atoms with Gasteiger partial charge in [-0.15, -0.1) is 11.8 Å². The smallest absolute Gasteiger partial charge is 0.254 e. The molecule has 9 nitrogen and oxygen atoms in total. The predicted octanol–water partition coefficient (Wildman–Crippen LogP) is 4.08. The number of hydrogen-bond donors (Lipinski definition) is 4. The molecule has 0 unspecified atom stereocenters. The van der Waals surface area contributed by atoms with Crippen molar-refractivity contribution in [2.24, 2.45) is 0 Å². The van der Waals surface area contributed by atoms with Crippen LogP contribution in [-0.4, -0.2) is 63.6 Å². The minimum absolute atomic E-state index is 0.0528. The summed E-state index contributed by atoms with van der Waals surface area (Å²) in [6.07, 6.45) is -1.63. The summed E-state index contributed by atoms with van der Waals surface area (Å²) < 4.78 is 18.3. The van der Waals surface area contributed by atoms with Gasteiger partial charge in [0, 0.05) is 11.3 Å². The molecule has 44 heavy (non-hydrogen) atoms. The molecule has 5 N–H and O–H groups in total. The maximum absolute atomic E-state index is 13.9. The predicted molar refractivity (Wildman–Crippen MR) is 170 cm³/mol. The minimum atomic E-state index is -1.71. The first-order valence-electron chi connectivity index (χ1n) is 14.0. The SMILES string of the molecule is COc1ccc(C[C@H](NC(=O)c2cccc(N)c2Cl)[C@H](O)C(=O)N2CSC(C)(C)[C@H]2C(=O)NCc2cc(F)ccc2C)cc1. The summed E-state index contributed by atoms with van der Waals surface area (Å²) >= 11 is 7.67. The fourth-order valence-corrected chi connectivity index (χ4v) is 6.44. The number of nitrogens with two attached hydrogens (primary N) is 1. The second-order valence-corrected chi connectivity index (χ2v) is 13.1. The topological polar surface area (TPSA) is 134 Å². The molecule has 3 aromatic carbocycles. The standard InChI is InChI=1S/C32H36ClFN4O5S/c1-18-8-11-21(34)15-20(18)16-36-30(41)28-32(2,3)44-17-38(28)31(42)27(39)25(14-19-9-12-22(43-4)13-10-19)37-29(40)23-6-5-7-24(35)26(23)33/h5-13,15,25,27-28,39H,14,16-17,35H2,1-4H3,(H,36,41)(H,37,40)/t25-,27-,28+/m0/s1. The van der Waals surface area contributed by atoms with Gasteiger partial charge in [0.05, 0.1) is 35.3 Å². The molecule has 1 fully saturated rings. The van der Waals surface area contributed by atoms with Crippen LogP contribution in [0.5, 0.6) is 5.75 Å². The molecule has 1 aliphatic heterocycles. The van der Waals surface area contributed by atoms with Gasteiger partial charge in [0.15, 0.2) is 6.10 Å². The van der Waals surface area contributed by atoms with Crippen molar-refractivity contribution in [3.63, 3.8) is 0 Å². The van der Waals surface area contributed by atoms with Crippen molar-refractivity contribution in [1.82, 2.24) is 15.5 Å². The molecule has 1 saturated heterocycles. The van der Waals surface area contributed by atoms with Gasteiger partial charge in [-0.3, -0.25) is 14.4 Å². The summed E-state index contributed by atoms with van der Waals surface area (Å²) in [5.41, 5.74) is 8.33. The second-order valence-electron chi connectivity index (χ2n) is 11.2. The molecule has 1 heterocycles. The fourth-order valence-electron chi connectivity index (χ4n) is 5.09. The Morgan fingerprint density at radius 2 is 1.89 bits per heavy atom. The normalized spacial score (nSPS) is 17.1. The molecule has 0 radical (unpaired) electrons. The Labute approximate surface area is 265 Å². The molecule has 0 bridgehead atoms. The van der Waals surface area contributed by atoms with Crippen LogP contribution in [0.2, 0.25) is 5.02 Å². The minimum Gasteiger partial charge on any atom is -0.497 e. The monoisotopic (exact) mass is 642 g/mol. The molecule has 0 saturated carbocycles. The van der Waals surface area contributed by atoms with Gasteiger partial charge in [0.1, 0.15) is 17.6 Å². The Bertz CT molecular complexity index is 1540. The summed E-state index contributed by atoms with van der Waals surface area (Å²) in [5, 5.41) is 17.1. The quantitative estimate of drug-likeness (QED) is 0.245. The van der Waals surface area contributed by atoms with Gasteiger partial charge in [-0.2, -0.15) is 0 Å². The first-order chi connectivity index (χ1) is 20.8. The van der Waals surface area contributed by atoms with Gasteiger partial charge >= 0.3 is 0 Å². The summed E-state index contributed by atoms with van der Waals surface area (Å²) in [5.74, 6) is -1.43. The number of aliphatic hydroxyl groups is 1. The number of rotatable bonds is 10. The molecule has 0 spiro atoms. The highest BCUT2D eigenvalue weighted by Gasteiger charge is 2.49. The van der Waals surface area contributed by atoms with Crippen molar-refractivity contribution in [2.45, 2.75) is 56.7 Å². The van der Waals surface area contributed by atoms with Crippen molar-refractivity contribution in [1.29, 1.82) is 0 Å². The molecule has 12 heteroatoms. The van der Waals surface area contributed by atoms with Gasteiger partial charge in [0.2, 0.25) is 5.91 Å². The number of aliphatic hydroxyl groups excluding tert-OH is 1. The van der Waals surface area contributed by atoms with Gasteiger partial charge in [0.25, 0.3) is 11.8 Å². The third kappa shape index (κ3) is 7.46. The average Bonchev–Trinajstić information content (AvgIpc) is 3.32. The first kappa shape index (κ1) is 33.1. The van der Waals surface area contributed by atoms with Crippen molar-refractivity contribution in [2.75, 3.05) is 18.7 Å². The number of nitrogen functional groups attached to an aromatic ring is 1. The highest BCUT2D eigenvalue weighted by Crippen LogP contribution is 2.40. The number of carbonyl (C=O) groups is 3. The number of halogens is 2. The number of aryl methyl sites for hydroxylation is 1. The van der Waals surface area contributed by atoms with E-state index >= 15 is 0 Å². The maximum Gasteiger partial charge on any atom is 0.254 e. The third-order valence-electron chi connectivity index (χ3n) is 7.68. The van der Waals surface area contributed by atoms with E-state index in [0.717, 1.165) is 11.1 Å². The molecule has 4 rings (SSSR count). The highest BCUT2D eigenvalue weighted by molar-refractivity contribution is 8.00. The Morgan fingerprint density at radius 3 is 2.57 bits per heavy atom. The van der Waals surface area contributed by atoms with E-state index in [-0.39, 0.29) is 35.1 Å². The molecule has 0 aromatic heterocycles. The van der Waals surface area contributed by atoms with E-state index in [4.69, 9.17) is 22.1 Å². The molecule has 1 aliphatic rings. The fraction of sp³-hybridized carbons (Fsp3) is 0.344. The number of benzene rings is 3. The summed E-state index contributed by atoms with van der Waals surface area (Å²) in [7, 11) is 1.54. The lowest BCUT2D eigenvalue weighted by molar-refractivity contribution is -0.147. The number of thioether (sulfide) groups is 1. The summed E-state index contributed by atoms with van der Waals surface area (Å²) in [6, 6.07) is 13.9. The Hall–Kier alpha value is -3.80. The zero-order valence-electron chi connectivity index (χ0n) is 24.9. The van der Waals surface area contributed by atoms with Crippen molar-refractivity contribution >= 4 is 46.8 Å². The molecule has 3 aromatic rings. The van der Waals surface area contributed by atoms with Gasteiger partial charge in [-0.05, 0) is 80.3 Å². The highest BCUT2D eigenvalue weighted by atomic mass is 35.5. The first-order valence-corrected chi connectivity index (χ1v) is 15.3. The molecular formula is C32H36ClFN4O5S. The van der Waals surface area contributed by atoms with Crippen molar-refractivity contribution in [3.05, 3.63) is 93.8 Å².